The van der Waals surface area contributed by atoms with E-state index in [1.54, 1.807) is 13.3 Å². The van der Waals surface area contributed by atoms with Gasteiger partial charge in [0.25, 0.3) is 0 Å². The molecule has 4 aromatic rings. The number of ether oxygens (including phenoxy) is 1. The molecule has 0 bridgehead atoms. The number of para-hydroxylation sites is 1. The molecule has 0 aliphatic rings. The van der Waals surface area contributed by atoms with Crippen LogP contribution in [-0.2, 0) is 6.54 Å². The maximum atomic E-state index is 5.35. The Kier molecular flexibility index (Phi) is 5.04. The third-order valence-electron chi connectivity index (χ3n) is 5.17. The first kappa shape index (κ1) is 18.7. The number of hydrogen-bond donors (Lipinski definition) is 0. The zero-order chi connectivity index (χ0) is 20.4. The quantitative estimate of drug-likeness (QED) is 0.527. The van der Waals surface area contributed by atoms with Crippen LogP contribution in [0.15, 0.2) is 60.8 Å². The summed E-state index contributed by atoms with van der Waals surface area (Å²) in [6.45, 7) is 9.37. The van der Waals surface area contributed by atoms with Gasteiger partial charge in [-0.2, -0.15) is 0 Å². The first-order chi connectivity index (χ1) is 14.1. The van der Waals surface area contributed by atoms with Crippen molar-refractivity contribution in [2.75, 3.05) is 7.11 Å². The Morgan fingerprint density at radius 1 is 1.17 bits per heavy atom. The van der Waals surface area contributed by atoms with Crippen molar-refractivity contribution >= 4 is 29.3 Å². The number of hydrogen-bond acceptors (Lipinski definition) is 3. The van der Waals surface area contributed by atoms with E-state index in [1.165, 1.54) is 10.9 Å². The highest BCUT2D eigenvalue weighted by Gasteiger charge is 2.09. The first-order valence-electron chi connectivity index (χ1n) is 9.64. The molecule has 0 radical (unpaired) electrons. The van der Waals surface area contributed by atoms with Crippen molar-refractivity contribution in [3.8, 4) is 17.0 Å². The van der Waals surface area contributed by atoms with E-state index >= 15 is 0 Å². The molecule has 5 nitrogen and oxygen atoms in total. The van der Waals surface area contributed by atoms with Gasteiger partial charge >= 0.3 is 0 Å². The summed E-state index contributed by atoms with van der Waals surface area (Å²) < 4.78 is 9.47. The molecule has 0 atom stereocenters. The van der Waals surface area contributed by atoms with Crippen molar-refractivity contribution < 1.29 is 4.74 Å². The molecule has 0 aliphatic carbocycles. The first-order valence-corrected chi connectivity index (χ1v) is 9.64. The molecule has 29 heavy (non-hydrogen) atoms. The Morgan fingerprint density at radius 2 is 2.00 bits per heavy atom. The van der Waals surface area contributed by atoms with Crippen molar-refractivity contribution in [2.24, 2.45) is 0 Å². The monoisotopic (exact) mass is 384 g/mol. The van der Waals surface area contributed by atoms with Crippen LogP contribution in [0.2, 0.25) is 0 Å². The fraction of sp³-hybridized carbons (Fsp3) is 0.167. The van der Waals surface area contributed by atoms with E-state index in [0.717, 1.165) is 39.8 Å². The van der Waals surface area contributed by atoms with Gasteiger partial charge in [0.2, 0.25) is 0 Å². The molecule has 0 saturated carbocycles. The van der Waals surface area contributed by atoms with E-state index < -0.39 is 0 Å². The Morgan fingerprint density at radius 3 is 2.79 bits per heavy atom. The number of methoxy groups -OCH3 is 1. The standard InChI is InChI=1S/C24H24N4O/c1-5-27-22(18(3)21-11-6-7-12-23(21)27)14-13-17(2)28-24(16-25-26-28)19-9-8-10-20(15-19)29-4/h6-16H,3,5H2,1-2,4H3/b17-13+,22-14+. The summed E-state index contributed by atoms with van der Waals surface area (Å²) in [5.41, 5.74) is 4.09. The van der Waals surface area contributed by atoms with E-state index in [4.69, 9.17) is 4.74 Å². The van der Waals surface area contributed by atoms with Crippen LogP contribution in [0.3, 0.4) is 0 Å². The van der Waals surface area contributed by atoms with E-state index in [9.17, 15) is 0 Å². The minimum atomic E-state index is 0.803. The average Bonchev–Trinajstić information content (AvgIpc) is 3.35. The Bertz CT molecular complexity index is 1310. The van der Waals surface area contributed by atoms with Gasteiger partial charge in [-0.1, -0.05) is 42.1 Å². The lowest BCUT2D eigenvalue weighted by molar-refractivity contribution is 0.415. The third kappa shape index (κ3) is 3.36. The molecule has 146 valence electrons. The zero-order valence-electron chi connectivity index (χ0n) is 17.0. The van der Waals surface area contributed by atoms with Gasteiger partial charge in [-0.05, 0) is 44.2 Å². The van der Waals surface area contributed by atoms with E-state index in [0.29, 0.717) is 0 Å². The Labute approximate surface area is 169 Å². The van der Waals surface area contributed by atoms with Crippen LogP contribution in [0.4, 0.5) is 0 Å². The molecule has 0 amide bonds. The molecule has 2 aromatic heterocycles. The van der Waals surface area contributed by atoms with Gasteiger partial charge < -0.3 is 9.30 Å². The van der Waals surface area contributed by atoms with Crippen LogP contribution in [0.1, 0.15) is 13.8 Å². The summed E-state index contributed by atoms with van der Waals surface area (Å²) in [5, 5.41) is 11.7. The summed E-state index contributed by atoms with van der Waals surface area (Å²) in [6, 6.07) is 16.3. The number of rotatable bonds is 5. The fourth-order valence-corrected chi connectivity index (χ4v) is 3.67. The number of allylic oxidation sites excluding steroid dienone is 2. The molecule has 2 heterocycles. The lowest BCUT2D eigenvalue weighted by Crippen LogP contribution is -2.27. The third-order valence-corrected chi connectivity index (χ3v) is 5.17. The molecule has 0 fully saturated rings. The maximum absolute atomic E-state index is 5.35. The molecule has 0 N–H and O–H groups in total. The number of aromatic nitrogens is 4. The highest BCUT2D eigenvalue weighted by molar-refractivity contribution is 5.81. The number of nitrogens with zero attached hydrogens (tertiary/aromatic N) is 4. The van der Waals surface area contributed by atoms with Crippen LogP contribution in [-0.4, -0.2) is 26.7 Å². The second kappa shape index (κ2) is 7.80. The second-order valence-corrected chi connectivity index (χ2v) is 6.86. The Hall–Kier alpha value is -3.60. The fourth-order valence-electron chi connectivity index (χ4n) is 3.67. The SMILES string of the molecule is C=c1/c(=C\C=C(/C)n2nncc2-c2cccc(OC)c2)n(CC)c2ccccc12. The lowest BCUT2D eigenvalue weighted by atomic mass is 10.1. The van der Waals surface area contributed by atoms with Crippen LogP contribution in [0, 0.1) is 0 Å². The minimum absolute atomic E-state index is 0.803. The van der Waals surface area contributed by atoms with Gasteiger partial charge in [0.1, 0.15) is 5.75 Å². The smallest absolute Gasteiger partial charge is 0.119 e. The highest BCUT2D eigenvalue weighted by Crippen LogP contribution is 2.24. The normalized spacial score (nSPS) is 12.7. The number of aryl methyl sites for hydroxylation is 1. The molecule has 0 saturated heterocycles. The molecule has 4 rings (SSSR count). The van der Waals surface area contributed by atoms with Gasteiger partial charge in [-0.25, -0.2) is 4.68 Å². The van der Waals surface area contributed by atoms with Crippen molar-refractivity contribution in [2.45, 2.75) is 20.4 Å². The molecule has 0 aliphatic heterocycles. The summed E-state index contributed by atoms with van der Waals surface area (Å²) in [6.07, 6.45) is 5.94. The van der Waals surface area contributed by atoms with E-state index in [2.05, 4.69) is 64.8 Å². The van der Waals surface area contributed by atoms with Crippen molar-refractivity contribution in [1.29, 1.82) is 0 Å². The zero-order valence-corrected chi connectivity index (χ0v) is 17.0. The molecular formula is C24H24N4O. The minimum Gasteiger partial charge on any atom is -0.497 e. The Balaban J connectivity index is 1.81. The maximum Gasteiger partial charge on any atom is 0.119 e. The lowest BCUT2D eigenvalue weighted by Gasteiger charge is -2.07. The molecule has 5 heteroatoms. The molecule has 2 aromatic carbocycles. The predicted octanol–water partition coefficient (Wildman–Crippen LogP) is 3.68. The number of benzene rings is 2. The highest BCUT2D eigenvalue weighted by atomic mass is 16.5. The van der Waals surface area contributed by atoms with Gasteiger partial charge in [0.05, 0.1) is 19.0 Å². The largest absolute Gasteiger partial charge is 0.497 e. The van der Waals surface area contributed by atoms with E-state index in [-0.39, 0.29) is 0 Å². The summed E-state index contributed by atoms with van der Waals surface area (Å²) in [7, 11) is 1.66. The van der Waals surface area contributed by atoms with Crippen LogP contribution in [0.25, 0.3) is 40.5 Å². The summed E-state index contributed by atoms with van der Waals surface area (Å²) >= 11 is 0. The topological polar surface area (TPSA) is 44.9 Å². The van der Waals surface area contributed by atoms with Crippen molar-refractivity contribution in [3.63, 3.8) is 0 Å². The molecule has 0 spiro atoms. The van der Waals surface area contributed by atoms with Gasteiger partial charge in [0, 0.05) is 39.3 Å². The van der Waals surface area contributed by atoms with Crippen molar-refractivity contribution in [1.82, 2.24) is 19.6 Å². The van der Waals surface area contributed by atoms with Crippen LogP contribution < -0.4 is 15.3 Å². The molecular weight excluding hydrogens is 360 g/mol. The second-order valence-electron chi connectivity index (χ2n) is 6.86. The van der Waals surface area contributed by atoms with Crippen LogP contribution >= 0.6 is 0 Å². The summed E-state index contributed by atoms with van der Waals surface area (Å²) in [5.74, 6) is 0.803. The summed E-state index contributed by atoms with van der Waals surface area (Å²) in [4.78, 5) is 0. The average molecular weight is 384 g/mol. The van der Waals surface area contributed by atoms with Gasteiger partial charge in [-0.15, -0.1) is 5.10 Å². The molecule has 0 unspecified atom stereocenters. The van der Waals surface area contributed by atoms with Gasteiger partial charge in [0.15, 0.2) is 0 Å². The number of fused-ring (bicyclic) bond motifs is 1. The predicted molar refractivity (Wildman–Crippen MR) is 119 cm³/mol. The van der Waals surface area contributed by atoms with Crippen LogP contribution in [0.5, 0.6) is 5.75 Å². The van der Waals surface area contributed by atoms with Crippen molar-refractivity contribution in [3.05, 3.63) is 71.4 Å². The van der Waals surface area contributed by atoms with E-state index in [1.807, 2.05) is 35.9 Å². The van der Waals surface area contributed by atoms with Gasteiger partial charge in [-0.3, -0.25) is 0 Å².